The summed E-state index contributed by atoms with van der Waals surface area (Å²) >= 11 is 1.32. The number of nitrogens with one attached hydrogen (secondary N) is 1. The maximum absolute atomic E-state index is 13.7. The number of rotatable bonds is 3. The van der Waals surface area contributed by atoms with Gasteiger partial charge in [0.15, 0.2) is 5.13 Å². The Kier molecular flexibility index (Phi) is 3.51. The van der Waals surface area contributed by atoms with Crippen molar-refractivity contribution >= 4 is 32.6 Å². The van der Waals surface area contributed by atoms with E-state index in [1.165, 1.54) is 29.5 Å². The summed E-state index contributed by atoms with van der Waals surface area (Å²) in [4.78, 5) is 16.5. The molecule has 0 atom stereocenters. The van der Waals surface area contributed by atoms with Crippen LogP contribution >= 0.6 is 11.3 Å². The zero-order valence-electron chi connectivity index (χ0n) is 12.2. The first-order valence-corrected chi connectivity index (χ1v) is 7.84. The summed E-state index contributed by atoms with van der Waals surface area (Å²) in [5.41, 5.74) is 1.63. The first-order valence-electron chi connectivity index (χ1n) is 7.02. The number of thiazole rings is 1. The minimum atomic E-state index is -0.564. The Morgan fingerprint density at radius 2 is 1.92 bits per heavy atom. The third-order valence-corrected chi connectivity index (χ3v) is 4.36. The lowest BCUT2D eigenvalue weighted by molar-refractivity contribution is 0.102. The molecule has 2 aromatic heterocycles. The number of benzene rings is 2. The Morgan fingerprint density at radius 1 is 1.12 bits per heavy atom. The molecule has 1 amide bonds. The standard InChI is InChI=1S/C16H10FN5OS/c17-12-4-2-1-3-11(12)15(23)21-16-20-13-6-5-10(7-14(13)24-16)22-8-18-19-9-22/h1-9H,(H,20,21,23). The van der Waals surface area contributed by atoms with Crippen molar-refractivity contribution in [3.05, 3.63) is 66.5 Å². The number of fused-ring (bicyclic) bond motifs is 1. The van der Waals surface area contributed by atoms with Crippen LogP contribution in [0.1, 0.15) is 10.4 Å². The average Bonchev–Trinajstić information content (AvgIpc) is 3.23. The number of halogens is 1. The molecule has 0 radical (unpaired) electrons. The number of carbonyl (C=O) groups excluding carboxylic acids is 1. The van der Waals surface area contributed by atoms with Crippen molar-refractivity contribution in [1.82, 2.24) is 19.7 Å². The van der Waals surface area contributed by atoms with Crippen LogP contribution in [0.3, 0.4) is 0 Å². The Hall–Kier alpha value is -3.13. The highest BCUT2D eigenvalue weighted by molar-refractivity contribution is 7.22. The molecule has 0 saturated carbocycles. The molecule has 4 aromatic rings. The zero-order valence-corrected chi connectivity index (χ0v) is 13.0. The van der Waals surface area contributed by atoms with Crippen molar-refractivity contribution in [2.24, 2.45) is 0 Å². The third-order valence-electron chi connectivity index (χ3n) is 3.43. The van der Waals surface area contributed by atoms with Gasteiger partial charge in [-0.1, -0.05) is 23.5 Å². The Bertz CT molecular complexity index is 1030. The molecule has 0 aliphatic rings. The van der Waals surface area contributed by atoms with Crippen LogP contribution in [0.25, 0.3) is 15.9 Å². The van der Waals surface area contributed by atoms with Crippen LogP contribution in [0.15, 0.2) is 55.1 Å². The van der Waals surface area contributed by atoms with E-state index in [9.17, 15) is 9.18 Å². The van der Waals surface area contributed by atoms with Gasteiger partial charge in [0.05, 0.1) is 15.8 Å². The van der Waals surface area contributed by atoms with Crippen molar-refractivity contribution < 1.29 is 9.18 Å². The molecule has 4 rings (SSSR count). The zero-order chi connectivity index (χ0) is 16.5. The van der Waals surface area contributed by atoms with Gasteiger partial charge < -0.3 is 0 Å². The summed E-state index contributed by atoms with van der Waals surface area (Å²) in [5.74, 6) is -1.09. The van der Waals surface area contributed by atoms with E-state index in [-0.39, 0.29) is 5.56 Å². The topological polar surface area (TPSA) is 72.7 Å². The summed E-state index contributed by atoms with van der Waals surface area (Å²) in [7, 11) is 0. The minimum Gasteiger partial charge on any atom is -0.298 e. The van der Waals surface area contributed by atoms with Gasteiger partial charge in [0, 0.05) is 5.69 Å². The molecule has 0 aliphatic carbocycles. The highest BCUT2D eigenvalue weighted by atomic mass is 32.1. The number of carbonyl (C=O) groups is 1. The van der Waals surface area contributed by atoms with Crippen LogP contribution in [-0.2, 0) is 0 Å². The van der Waals surface area contributed by atoms with Crippen molar-refractivity contribution in [3.63, 3.8) is 0 Å². The smallest absolute Gasteiger partial charge is 0.260 e. The molecule has 6 nitrogen and oxygen atoms in total. The molecule has 118 valence electrons. The van der Waals surface area contributed by atoms with Gasteiger partial charge in [-0.3, -0.25) is 14.7 Å². The van der Waals surface area contributed by atoms with E-state index in [2.05, 4.69) is 20.5 Å². The van der Waals surface area contributed by atoms with Gasteiger partial charge in [-0.2, -0.15) is 0 Å². The van der Waals surface area contributed by atoms with Crippen LogP contribution in [-0.4, -0.2) is 25.7 Å². The largest absolute Gasteiger partial charge is 0.298 e. The summed E-state index contributed by atoms with van der Waals surface area (Å²) in [6, 6.07) is 11.5. The second kappa shape index (κ2) is 5.82. The first kappa shape index (κ1) is 14.5. The maximum Gasteiger partial charge on any atom is 0.260 e. The molecule has 2 aromatic carbocycles. The van der Waals surface area contributed by atoms with Crippen molar-refractivity contribution in [2.45, 2.75) is 0 Å². The third kappa shape index (κ3) is 2.63. The van der Waals surface area contributed by atoms with Crippen LogP contribution in [0.2, 0.25) is 0 Å². The molecular weight excluding hydrogens is 329 g/mol. The van der Waals surface area contributed by atoms with Gasteiger partial charge in [0.25, 0.3) is 5.91 Å². The fourth-order valence-corrected chi connectivity index (χ4v) is 3.17. The summed E-state index contributed by atoms with van der Waals surface area (Å²) in [5, 5.41) is 10.6. The molecule has 0 saturated heterocycles. The van der Waals surface area contributed by atoms with Crippen molar-refractivity contribution in [3.8, 4) is 5.69 Å². The fourth-order valence-electron chi connectivity index (χ4n) is 2.27. The van der Waals surface area contributed by atoms with Gasteiger partial charge in [0.2, 0.25) is 0 Å². The van der Waals surface area contributed by atoms with E-state index in [0.29, 0.717) is 5.13 Å². The normalized spacial score (nSPS) is 10.9. The molecule has 0 spiro atoms. The van der Waals surface area contributed by atoms with E-state index in [0.717, 1.165) is 15.9 Å². The number of hydrogen-bond donors (Lipinski definition) is 1. The number of hydrogen-bond acceptors (Lipinski definition) is 5. The highest BCUT2D eigenvalue weighted by Gasteiger charge is 2.13. The summed E-state index contributed by atoms with van der Waals surface area (Å²) in [6.07, 6.45) is 3.20. The molecule has 0 fully saturated rings. The van der Waals surface area contributed by atoms with Crippen molar-refractivity contribution in [1.29, 1.82) is 0 Å². The molecule has 0 aliphatic heterocycles. The summed E-state index contributed by atoms with van der Waals surface area (Å²) < 4.78 is 16.3. The van der Waals surface area contributed by atoms with E-state index in [1.54, 1.807) is 23.3 Å². The second-order valence-electron chi connectivity index (χ2n) is 4.97. The predicted molar refractivity (Wildman–Crippen MR) is 88.9 cm³/mol. The lowest BCUT2D eigenvalue weighted by Crippen LogP contribution is -2.13. The minimum absolute atomic E-state index is 0.0121. The lowest BCUT2D eigenvalue weighted by Gasteiger charge is -2.02. The van der Waals surface area contributed by atoms with Crippen LogP contribution < -0.4 is 5.32 Å². The molecule has 0 unspecified atom stereocenters. The van der Waals surface area contributed by atoms with E-state index in [4.69, 9.17) is 0 Å². The van der Waals surface area contributed by atoms with Gasteiger partial charge in [-0.25, -0.2) is 9.37 Å². The average molecular weight is 339 g/mol. The first-order chi connectivity index (χ1) is 11.7. The molecule has 2 heterocycles. The van der Waals surface area contributed by atoms with Gasteiger partial charge in [-0.05, 0) is 30.3 Å². The van der Waals surface area contributed by atoms with E-state index < -0.39 is 11.7 Å². The maximum atomic E-state index is 13.7. The van der Waals surface area contributed by atoms with Gasteiger partial charge >= 0.3 is 0 Å². The second-order valence-corrected chi connectivity index (χ2v) is 6.00. The highest BCUT2D eigenvalue weighted by Crippen LogP contribution is 2.28. The van der Waals surface area contributed by atoms with Crippen LogP contribution in [0, 0.1) is 5.82 Å². The van der Waals surface area contributed by atoms with E-state index in [1.807, 2.05) is 18.2 Å². The number of amides is 1. The van der Waals surface area contributed by atoms with Crippen LogP contribution in [0.5, 0.6) is 0 Å². The lowest BCUT2D eigenvalue weighted by atomic mass is 10.2. The fraction of sp³-hybridized carbons (Fsp3) is 0. The Labute approximate surface area is 139 Å². The quantitative estimate of drug-likeness (QED) is 0.622. The van der Waals surface area contributed by atoms with E-state index >= 15 is 0 Å². The Balaban J connectivity index is 1.63. The Morgan fingerprint density at radius 3 is 2.71 bits per heavy atom. The molecule has 24 heavy (non-hydrogen) atoms. The van der Waals surface area contributed by atoms with Gasteiger partial charge in [-0.15, -0.1) is 10.2 Å². The molecule has 1 N–H and O–H groups in total. The SMILES string of the molecule is O=C(Nc1nc2ccc(-n3cnnc3)cc2s1)c1ccccc1F. The van der Waals surface area contributed by atoms with Crippen molar-refractivity contribution in [2.75, 3.05) is 5.32 Å². The monoisotopic (exact) mass is 339 g/mol. The van der Waals surface area contributed by atoms with Gasteiger partial charge in [0.1, 0.15) is 18.5 Å². The molecule has 0 bridgehead atoms. The molecular formula is C16H10FN5OS. The summed E-state index contributed by atoms with van der Waals surface area (Å²) in [6.45, 7) is 0. The molecule has 8 heteroatoms. The number of aromatic nitrogens is 4. The number of anilines is 1. The number of nitrogens with zero attached hydrogens (tertiary/aromatic N) is 4. The predicted octanol–water partition coefficient (Wildman–Crippen LogP) is 3.27. The van der Waals surface area contributed by atoms with Crippen LogP contribution in [0.4, 0.5) is 9.52 Å².